The number of thioether (sulfide) groups is 1. The zero-order valence-corrected chi connectivity index (χ0v) is 16.7. The Labute approximate surface area is 174 Å². The molecule has 0 spiro atoms. The second kappa shape index (κ2) is 9.29. The molecule has 0 unspecified atom stereocenters. The van der Waals surface area contributed by atoms with Crippen LogP contribution in [0, 0.1) is 12.7 Å². The summed E-state index contributed by atoms with van der Waals surface area (Å²) >= 11 is 1.55. The molecule has 0 saturated carbocycles. The molecule has 1 aromatic heterocycles. The molecule has 0 saturated heterocycles. The number of hydrogen-bond acceptors (Lipinski definition) is 4. The number of nitrogens with one attached hydrogen (secondary N) is 1. The highest BCUT2D eigenvalue weighted by Crippen LogP contribution is 2.32. The number of benzene rings is 2. The van der Waals surface area contributed by atoms with Crippen LogP contribution in [0.3, 0.4) is 0 Å². The van der Waals surface area contributed by atoms with Gasteiger partial charge in [0, 0.05) is 18.1 Å². The Balaban J connectivity index is 1.64. The first kappa shape index (κ1) is 21.8. The zero-order chi connectivity index (χ0) is 21.7. The lowest BCUT2D eigenvalue weighted by molar-refractivity contribution is -0.143. The van der Waals surface area contributed by atoms with Crippen LogP contribution in [-0.4, -0.2) is 33.2 Å². The number of amides is 1. The van der Waals surface area contributed by atoms with E-state index in [2.05, 4.69) is 15.6 Å². The lowest BCUT2D eigenvalue weighted by atomic mass is 10.2. The van der Waals surface area contributed by atoms with Crippen molar-refractivity contribution in [1.29, 1.82) is 0 Å². The number of carbonyl (C=O) groups excluding carboxylic acids is 1. The third-order valence-electron chi connectivity index (χ3n) is 4.15. The first-order valence-electron chi connectivity index (χ1n) is 8.96. The normalized spacial score (nSPS) is 11.5. The molecule has 0 aliphatic carbocycles. The molecule has 158 valence electrons. The maximum Gasteiger partial charge on any atom is 0.435 e. The van der Waals surface area contributed by atoms with E-state index >= 15 is 0 Å². The van der Waals surface area contributed by atoms with Gasteiger partial charge in [-0.15, -0.1) is 5.10 Å². The fourth-order valence-corrected chi connectivity index (χ4v) is 3.47. The van der Waals surface area contributed by atoms with E-state index in [1.165, 1.54) is 0 Å². The average molecular weight is 438 g/mol. The molecule has 0 aliphatic rings. The summed E-state index contributed by atoms with van der Waals surface area (Å²) in [5, 5.41) is 9.31. The van der Waals surface area contributed by atoms with Crippen molar-refractivity contribution >= 4 is 17.7 Å². The first-order valence-corrected chi connectivity index (χ1v) is 10.1. The summed E-state index contributed by atoms with van der Waals surface area (Å²) in [4.78, 5) is 12.3. The quantitative estimate of drug-likeness (QED) is 0.439. The Morgan fingerprint density at radius 1 is 1.10 bits per heavy atom. The van der Waals surface area contributed by atoms with Crippen molar-refractivity contribution in [3.63, 3.8) is 0 Å². The van der Waals surface area contributed by atoms with Gasteiger partial charge < -0.3 is 5.32 Å². The highest BCUT2D eigenvalue weighted by Gasteiger charge is 2.41. The Bertz CT molecular complexity index is 1000. The number of halogens is 4. The predicted octanol–water partition coefficient (Wildman–Crippen LogP) is 4.40. The molecule has 0 radical (unpaired) electrons. The van der Waals surface area contributed by atoms with Gasteiger partial charge in [-0.05, 0) is 36.8 Å². The van der Waals surface area contributed by atoms with Gasteiger partial charge in [-0.2, -0.15) is 24.9 Å². The van der Waals surface area contributed by atoms with Crippen molar-refractivity contribution in [2.75, 3.05) is 12.3 Å². The largest absolute Gasteiger partial charge is 0.435 e. The molecule has 2 aromatic carbocycles. The lowest BCUT2D eigenvalue weighted by Crippen LogP contribution is -2.29. The van der Waals surface area contributed by atoms with Crippen LogP contribution in [0.25, 0.3) is 5.69 Å². The fraction of sp³-hybridized carbons (Fsp3) is 0.250. The van der Waals surface area contributed by atoms with Crippen LogP contribution in [0.1, 0.15) is 27.3 Å². The number of hydrogen-bond donors (Lipinski definition) is 1. The van der Waals surface area contributed by atoms with Crippen molar-refractivity contribution < 1.29 is 22.4 Å². The monoisotopic (exact) mass is 438 g/mol. The summed E-state index contributed by atoms with van der Waals surface area (Å²) in [6.07, 6.45) is -4.87. The van der Waals surface area contributed by atoms with Crippen molar-refractivity contribution in [2.24, 2.45) is 0 Å². The molecule has 5 nitrogen and oxygen atoms in total. The maximum atomic E-state index is 13.6. The van der Waals surface area contributed by atoms with Crippen molar-refractivity contribution in [2.45, 2.75) is 18.9 Å². The van der Waals surface area contributed by atoms with Crippen molar-refractivity contribution in [1.82, 2.24) is 20.3 Å². The molecular formula is C20H18F4N4OS. The van der Waals surface area contributed by atoms with Gasteiger partial charge in [0.2, 0.25) is 0 Å². The number of rotatable bonds is 7. The molecule has 10 heteroatoms. The molecule has 0 bridgehead atoms. The van der Waals surface area contributed by atoms with Gasteiger partial charge in [0.15, 0.2) is 11.4 Å². The van der Waals surface area contributed by atoms with Gasteiger partial charge in [-0.25, -0.2) is 9.07 Å². The van der Waals surface area contributed by atoms with Gasteiger partial charge in [0.1, 0.15) is 5.82 Å². The van der Waals surface area contributed by atoms with E-state index in [0.717, 1.165) is 41.1 Å². The van der Waals surface area contributed by atoms with Crippen molar-refractivity contribution in [3.05, 3.63) is 76.9 Å². The van der Waals surface area contributed by atoms with E-state index in [-0.39, 0.29) is 12.2 Å². The standard InChI is InChI=1S/C20H18F4N4OS/c1-13-2-4-14(5-3-13)12-30-11-10-25-19(29)17-18(20(22,23)24)28(27-26-17)16-8-6-15(21)7-9-16/h2-9H,10-12H2,1H3,(H,25,29). The SMILES string of the molecule is Cc1ccc(CSCCNC(=O)c2nnn(-c3ccc(F)cc3)c2C(F)(F)F)cc1. The number of alkyl halides is 3. The topological polar surface area (TPSA) is 59.8 Å². The second-order valence-corrected chi connectivity index (χ2v) is 7.57. The highest BCUT2D eigenvalue weighted by atomic mass is 32.2. The maximum absolute atomic E-state index is 13.6. The molecule has 3 aromatic rings. The molecule has 0 fully saturated rings. The zero-order valence-electron chi connectivity index (χ0n) is 15.9. The molecule has 3 rings (SSSR count). The van der Waals surface area contributed by atoms with Crippen LogP contribution in [0.15, 0.2) is 48.5 Å². The minimum atomic E-state index is -4.87. The summed E-state index contributed by atoms with van der Waals surface area (Å²) < 4.78 is 54.3. The Hall–Kier alpha value is -2.88. The van der Waals surface area contributed by atoms with Gasteiger partial charge in [-0.3, -0.25) is 4.79 Å². The highest BCUT2D eigenvalue weighted by molar-refractivity contribution is 7.98. The average Bonchev–Trinajstić information content (AvgIpc) is 3.15. The number of aromatic nitrogens is 3. The van der Waals surface area contributed by atoms with Crippen LogP contribution >= 0.6 is 11.8 Å². The Morgan fingerprint density at radius 3 is 2.40 bits per heavy atom. The number of aryl methyl sites for hydroxylation is 1. The third-order valence-corrected chi connectivity index (χ3v) is 5.18. The van der Waals surface area contributed by atoms with Gasteiger partial charge in [0.05, 0.1) is 5.69 Å². The van der Waals surface area contributed by atoms with E-state index < -0.39 is 29.3 Å². The summed E-state index contributed by atoms with van der Waals surface area (Å²) in [5.41, 5.74) is 0.0990. The predicted molar refractivity (Wildman–Crippen MR) is 106 cm³/mol. The van der Waals surface area contributed by atoms with Crippen LogP contribution in [0.2, 0.25) is 0 Å². The minimum absolute atomic E-state index is 0.0519. The Morgan fingerprint density at radius 2 is 1.77 bits per heavy atom. The molecule has 30 heavy (non-hydrogen) atoms. The fourth-order valence-electron chi connectivity index (χ4n) is 2.65. The summed E-state index contributed by atoms with van der Waals surface area (Å²) in [7, 11) is 0. The van der Waals surface area contributed by atoms with Crippen LogP contribution < -0.4 is 5.32 Å². The van der Waals surface area contributed by atoms with Gasteiger partial charge in [0.25, 0.3) is 5.91 Å². The van der Waals surface area contributed by atoms with Crippen LogP contribution in [0.4, 0.5) is 17.6 Å². The van der Waals surface area contributed by atoms with Gasteiger partial charge in [-0.1, -0.05) is 35.0 Å². The number of carbonyl (C=O) groups is 1. The molecular weight excluding hydrogens is 420 g/mol. The third kappa shape index (κ3) is 5.38. The van der Waals surface area contributed by atoms with E-state index in [1.807, 2.05) is 31.2 Å². The summed E-state index contributed by atoms with van der Waals surface area (Å²) in [5.74, 6) is -0.322. The molecule has 0 aliphatic heterocycles. The number of nitrogens with zero attached hydrogens (tertiary/aromatic N) is 3. The van der Waals surface area contributed by atoms with Crippen molar-refractivity contribution in [3.8, 4) is 5.69 Å². The van der Waals surface area contributed by atoms with E-state index in [9.17, 15) is 22.4 Å². The lowest BCUT2D eigenvalue weighted by Gasteiger charge is -2.11. The van der Waals surface area contributed by atoms with Gasteiger partial charge >= 0.3 is 6.18 Å². The van der Waals surface area contributed by atoms with Crippen LogP contribution in [0.5, 0.6) is 0 Å². The molecule has 1 amide bonds. The Kier molecular flexibility index (Phi) is 6.76. The smallest absolute Gasteiger partial charge is 0.350 e. The molecule has 0 atom stereocenters. The van der Waals surface area contributed by atoms with E-state index in [4.69, 9.17) is 0 Å². The summed E-state index contributed by atoms with van der Waals surface area (Å²) in [6, 6.07) is 12.3. The van der Waals surface area contributed by atoms with E-state index in [1.54, 1.807) is 11.8 Å². The summed E-state index contributed by atoms with van der Waals surface area (Å²) in [6.45, 7) is 2.17. The second-order valence-electron chi connectivity index (χ2n) is 6.47. The first-order chi connectivity index (χ1) is 14.3. The molecule has 1 heterocycles. The minimum Gasteiger partial charge on any atom is -0.350 e. The van der Waals surface area contributed by atoms with Crippen LogP contribution in [-0.2, 0) is 11.9 Å². The molecule has 1 N–H and O–H groups in total. The van der Waals surface area contributed by atoms with E-state index in [0.29, 0.717) is 10.4 Å².